The van der Waals surface area contributed by atoms with Crippen LogP contribution >= 0.6 is 0 Å². The van der Waals surface area contributed by atoms with Crippen LogP contribution in [0.3, 0.4) is 0 Å². The highest BCUT2D eigenvalue weighted by Gasteiger charge is 2.30. The lowest BCUT2D eigenvalue weighted by Gasteiger charge is -2.41. The molecule has 0 aromatic carbocycles. The van der Waals surface area contributed by atoms with Crippen LogP contribution in [0.25, 0.3) is 11.0 Å². The zero-order valence-electron chi connectivity index (χ0n) is 14.6. The van der Waals surface area contributed by atoms with E-state index in [1.54, 1.807) is 13.1 Å². The zero-order chi connectivity index (χ0) is 17.4. The van der Waals surface area contributed by atoms with Crippen LogP contribution in [0.4, 0.5) is 5.82 Å². The molecule has 8 heteroatoms. The Morgan fingerprint density at radius 3 is 2.44 bits per heavy atom. The average Bonchev–Trinajstić information content (AvgIpc) is 3.07. The number of rotatable bonds is 2. The number of aromatic nitrogens is 4. The van der Waals surface area contributed by atoms with Crippen molar-refractivity contribution < 1.29 is 4.79 Å². The number of piperazine rings is 1. The SMILES string of the molecule is CC(=O)N1CCN(C2CCC(n3ncc4c(N)ncnc43)CC2)CC1. The highest BCUT2D eigenvalue weighted by Crippen LogP contribution is 2.33. The van der Waals surface area contributed by atoms with Gasteiger partial charge in [-0.25, -0.2) is 14.6 Å². The van der Waals surface area contributed by atoms with E-state index in [4.69, 9.17) is 5.73 Å². The molecule has 4 rings (SSSR count). The van der Waals surface area contributed by atoms with Crippen molar-refractivity contribution in [3.63, 3.8) is 0 Å². The molecule has 0 bridgehead atoms. The van der Waals surface area contributed by atoms with Crippen LogP contribution in [0, 0.1) is 0 Å². The van der Waals surface area contributed by atoms with Crippen LogP contribution in [-0.4, -0.2) is 67.7 Å². The van der Waals surface area contributed by atoms with Crippen molar-refractivity contribution in [1.29, 1.82) is 0 Å². The minimum absolute atomic E-state index is 0.190. The van der Waals surface area contributed by atoms with Gasteiger partial charge in [0.05, 0.1) is 17.6 Å². The van der Waals surface area contributed by atoms with Crippen molar-refractivity contribution >= 4 is 22.8 Å². The molecule has 134 valence electrons. The van der Waals surface area contributed by atoms with E-state index in [-0.39, 0.29) is 5.91 Å². The molecule has 25 heavy (non-hydrogen) atoms. The van der Waals surface area contributed by atoms with E-state index in [0.29, 0.717) is 17.9 Å². The Morgan fingerprint density at radius 2 is 1.76 bits per heavy atom. The van der Waals surface area contributed by atoms with Crippen molar-refractivity contribution in [2.45, 2.75) is 44.7 Å². The summed E-state index contributed by atoms with van der Waals surface area (Å²) in [6.07, 6.45) is 7.80. The monoisotopic (exact) mass is 343 g/mol. The summed E-state index contributed by atoms with van der Waals surface area (Å²) in [6, 6.07) is 0.994. The fourth-order valence-corrected chi connectivity index (χ4v) is 4.22. The number of nitrogens with zero attached hydrogens (tertiary/aromatic N) is 6. The van der Waals surface area contributed by atoms with Crippen LogP contribution in [0.5, 0.6) is 0 Å². The molecule has 8 nitrogen and oxygen atoms in total. The first kappa shape index (κ1) is 16.3. The molecule has 1 aliphatic heterocycles. The van der Waals surface area contributed by atoms with Crippen LogP contribution in [0.2, 0.25) is 0 Å². The number of hydrogen-bond donors (Lipinski definition) is 1. The normalized spacial score (nSPS) is 25.4. The fraction of sp³-hybridized carbons (Fsp3) is 0.647. The predicted molar refractivity (Wildman–Crippen MR) is 94.9 cm³/mol. The topological polar surface area (TPSA) is 93.2 Å². The first-order chi connectivity index (χ1) is 12.1. The van der Waals surface area contributed by atoms with Crippen molar-refractivity contribution in [2.75, 3.05) is 31.9 Å². The van der Waals surface area contributed by atoms with E-state index < -0.39 is 0 Å². The minimum Gasteiger partial charge on any atom is -0.383 e. The van der Waals surface area contributed by atoms with Gasteiger partial charge >= 0.3 is 0 Å². The Hall–Kier alpha value is -2.22. The van der Waals surface area contributed by atoms with E-state index in [9.17, 15) is 4.79 Å². The van der Waals surface area contributed by atoms with Gasteiger partial charge in [-0.1, -0.05) is 0 Å². The second-order valence-corrected chi connectivity index (χ2v) is 7.09. The van der Waals surface area contributed by atoms with Crippen molar-refractivity contribution in [3.8, 4) is 0 Å². The molecule has 1 aliphatic carbocycles. The molecule has 0 unspecified atom stereocenters. The smallest absolute Gasteiger partial charge is 0.219 e. The van der Waals surface area contributed by atoms with Gasteiger partial charge in [0.15, 0.2) is 5.65 Å². The van der Waals surface area contributed by atoms with Gasteiger partial charge in [-0.3, -0.25) is 9.69 Å². The van der Waals surface area contributed by atoms with Crippen molar-refractivity contribution in [1.82, 2.24) is 29.5 Å². The Kier molecular flexibility index (Phi) is 4.29. The standard InChI is InChI=1S/C17H25N7O/c1-12(25)22-6-8-23(9-7-22)13-2-4-14(5-3-13)24-17-15(10-21-24)16(18)19-11-20-17/h10-11,13-14H,2-9H2,1H3,(H2,18,19,20). The lowest BCUT2D eigenvalue weighted by atomic mass is 9.90. The highest BCUT2D eigenvalue weighted by molar-refractivity contribution is 5.84. The number of amides is 1. The van der Waals surface area contributed by atoms with Gasteiger partial charge in [-0.15, -0.1) is 0 Å². The third-order valence-electron chi connectivity index (χ3n) is 5.71. The molecule has 3 heterocycles. The van der Waals surface area contributed by atoms with Crippen LogP contribution in [0.1, 0.15) is 38.6 Å². The van der Waals surface area contributed by atoms with E-state index in [1.807, 2.05) is 9.58 Å². The number of nitrogens with two attached hydrogens (primary N) is 1. The molecule has 2 N–H and O–H groups in total. The van der Waals surface area contributed by atoms with E-state index in [2.05, 4.69) is 20.0 Å². The Labute approximate surface area is 147 Å². The highest BCUT2D eigenvalue weighted by atomic mass is 16.2. The third-order valence-corrected chi connectivity index (χ3v) is 5.71. The maximum absolute atomic E-state index is 11.5. The number of nitrogen functional groups attached to an aromatic ring is 1. The lowest BCUT2D eigenvalue weighted by Crippen LogP contribution is -2.52. The number of carbonyl (C=O) groups is 1. The molecule has 0 radical (unpaired) electrons. The number of anilines is 1. The summed E-state index contributed by atoms with van der Waals surface area (Å²) in [4.78, 5) is 24.4. The Morgan fingerprint density at radius 1 is 1.08 bits per heavy atom. The maximum atomic E-state index is 11.5. The Bertz CT molecular complexity index is 757. The van der Waals surface area contributed by atoms with Gasteiger partial charge in [-0.05, 0) is 25.7 Å². The number of fused-ring (bicyclic) bond motifs is 1. The summed E-state index contributed by atoms with van der Waals surface area (Å²) in [5.74, 6) is 0.684. The van der Waals surface area contributed by atoms with Gasteiger partial charge in [0.25, 0.3) is 0 Å². The Balaban J connectivity index is 1.38. The molecule has 1 saturated carbocycles. The molecule has 0 atom stereocenters. The predicted octanol–water partition coefficient (Wildman–Crippen LogP) is 1.06. The van der Waals surface area contributed by atoms with Gasteiger partial charge in [0, 0.05) is 39.1 Å². The van der Waals surface area contributed by atoms with Crippen LogP contribution in [0.15, 0.2) is 12.5 Å². The molecule has 2 aromatic rings. The average molecular weight is 343 g/mol. The number of carbonyl (C=O) groups excluding carboxylic acids is 1. The maximum Gasteiger partial charge on any atom is 0.219 e. The zero-order valence-corrected chi connectivity index (χ0v) is 14.6. The number of hydrogen-bond acceptors (Lipinski definition) is 6. The molecule has 2 fully saturated rings. The third kappa shape index (κ3) is 3.06. The quantitative estimate of drug-likeness (QED) is 0.876. The summed E-state index contributed by atoms with van der Waals surface area (Å²) < 4.78 is 2.03. The molecule has 0 spiro atoms. The first-order valence-corrected chi connectivity index (χ1v) is 9.06. The molecule has 1 saturated heterocycles. The molecule has 1 amide bonds. The first-order valence-electron chi connectivity index (χ1n) is 9.06. The van der Waals surface area contributed by atoms with E-state index >= 15 is 0 Å². The molecule has 2 aliphatic rings. The molecule has 2 aromatic heterocycles. The lowest BCUT2D eigenvalue weighted by molar-refractivity contribution is -0.131. The largest absolute Gasteiger partial charge is 0.383 e. The van der Waals surface area contributed by atoms with Crippen molar-refractivity contribution in [2.24, 2.45) is 0 Å². The van der Waals surface area contributed by atoms with Gasteiger partial charge in [-0.2, -0.15) is 5.10 Å². The second kappa shape index (κ2) is 6.59. The summed E-state index contributed by atoms with van der Waals surface area (Å²) in [6.45, 7) is 5.35. The van der Waals surface area contributed by atoms with Crippen molar-refractivity contribution in [3.05, 3.63) is 12.5 Å². The van der Waals surface area contributed by atoms with Crippen LogP contribution < -0.4 is 5.73 Å². The summed E-state index contributed by atoms with van der Waals surface area (Å²) in [5, 5.41) is 5.36. The summed E-state index contributed by atoms with van der Waals surface area (Å²) >= 11 is 0. The minimum atomic E-state index is 0.190. The van der Waals surface area contributed by atoms with Crippen LogP contribution in [-0.2, 0) is 4.79 Å². The van der Waals surface area contributed by atoms with E-state index in [1.165, 1.54) is 6.33 Å². The fourth-order valence-electron chi connectivity index (χ4n) is 4.22. The summed E-state index contributed by atoms with van der Waals surface area (Å²) in [7, 11) is 0. The second-order valence-electron chi connectivity index (χ2n) is 7.09. The van der Waals surface area contributed by atoms with Gasteiger partial charge in [0.1, 0.15) is 12.1 Å². The molecular weight excluding hydrogens is 318 g/mol. The van der Waals surface area contributed by atoms with E-state index in [0.717, 1.165) is 62.9 Å². The summed E-state index contributed by atoms with van der Waals surface area (Å²) in [5.41, 5.74) is 6.75. The van der Waals surface area contributed by atoms with Gasteiger partial charge in [0.2, 0.25) is 5.91 Å². The molecular formula is C17H25N7O. The van der Waals surface area contributed by atoms with Gasteiger partial charge < -0.3 is 10.6 Å².